The van der Waals surface area contributed by atoms with E-state index in [0.717, 1.165) is 16.0 Å². The molecule has 2 aromatic rings. The Morgan fingerprint density at radius 3 is 2.70 bits per heavy atom. The van der Waals surface area contributed by atoms with Crippen molar-refractivity contribution in [3.8, 4) is 0 Å². The van der Waals surface area contributed by atoms with Gasteiger partial charge in [-0.25, -0.2) is 0 Å². The zero-order valence-corrected chi connectivity index (χ0v) is 12.1. The Labute approximate surface area is 122 Å². The van der Waals surface area contributed by atoms with Gasteiger partial charge < -0.3 is 10.4 Å². The van der Waals surface area contributed by atoms with Crippen molar-refractivity contribution in [1.82, 2.24) is 5.32 Å². The van der Waals surface area contributed by atoms with Crippen LogP contribution in [0.5, 0.6) is 0 Å². The van der Waals surface area contributed by atoms with Gasteiger partial charge in [0.15, 0.2) is 0 Å². The van der Waals surface area contributed by atoms with Crippen LogP contribution in [0.3, 0.4) is 0 Å². The van der Waals surface area contributed by atoms with Crippen LogP contribution in [-0.4, -0.2) is 17.6 Å². The van der Waals surface area contributed by atoms with Crippen LogP contribution in [-0.2, 0) is 4.79 Å². The van der Waals surface area contributed by atoms with Crippen molar-refractivity contribution in [2.24, 2.45) is 0 Å². The molecule has 20 heavy (non-hydrogen) atoms. The van der Waals surface area contributed by atoms with E-state index in [1.165, 1.54) is 6.08 Å². The minimum absolute atomic E-state index is 0.123. The van der Waals surface area contributed by atoms with E-state index in [9.17, 15) is 9.90 Å². The van der Waals surface area contributed by atoms with E-state index in [1.807, 2.05) is 48.7 Å². The fraction of sp³-hybridized carbons (Fsp3) is 0.188. The predicted octanol–water partition coefficient (Wildman–Crippen LogP) is 2.92. The van der Waals surface area contributed by atoms with E-state index in [2.05, 4.69) is 5.32 Å². The topological polar surface area (TPSA) is 49.3 Å². The summed E-state index contributed by atoms with van der Waals surface area (Å²) in [5.41, 5.74) is 2.05. The number of hydrogen-bond donors (Lipinski definition) is 2. The first-order valence-corrected chi connectivity index (χ1v) is 7.27. The Morgan fingerprint density at radius 1 is 1.35 bits per heavy atom. The molecular formula is C16H17NO2S. The fourth-order valence-corrected chi connectivity index (χ4v) is 2.67. The average molecular weight is 287 g/mol. The van der Waals surface area contributed by atoms with Crippen molar-refractivity contribution in [2.75, 3.05) is 6.61 Å². The van der Waals surface area contributed by atoms with Crippen molar-refractivity contribution in [2.45, 2.75) is 13.0 Å². The Balaban J connectivity index is 2.00. The number of aliphatic hydroxyl groups is 1. The first-order chi connectivity index (χ1) is 9.70. The highest BCUT2D eigenvalue weighted by atomic mass is 32.1. The Kier molecular flexibility index (Phi) is 5.09. The molecule has 0 aliphatic carbocycles. The summed E-state index contributed by atoms with van der Waals surface area (Å²) >= 11 is 1.60. The Morgan fingerprint density at radius 2 is 2.10 bits per heavy atom. The van der Waals surface area contributed by atoms with E-state index >= 15 is 0 Å². The van der Waals surface area contributed by atoms with Crippen LogP contribution in [0.2, 0.25) is 0 Å². The summed E-state index contributed by atoms with van der Waals surface area (Å²) < 4.78 is 0. The summed E-state index contributed by atoms with van der Waals surface area (Å²) in [6.45, 7) is 1.89. The summed E-state index contributed by atoms with van der Waals surface area (Å²) in [7, 11) is 0. The number of rotatable bonds is 5. The van der Waals surface area contributed by atoms with E-state index in [4.69, 9.17) is 0 Å². The molecule has 0 saturated heterocycles. The molecule has 3 nitrogen and oxygen atoms in total. The van der Waals surface area contributed by atoms with Crippen LogP contribution in [0.25, 0.3) is 6.08 Å². The number of thiophene rings is 1. The largest absolute Gasteiger partial charge is 0.394 e. The molecule has 1 aromatic carbocycles. The second kappa shape index (κ2) is 7.03. The molecule has 0 aliphatic rings. The third kappa shape index (κ3) is 3.79. The van der Waals surface area contributed by atoms with Gasteiger partial charge in [0.1, 0.15) is 0 Å². The minimum atomic E-state index is -0.377. The van der Waals surface area contributed by atoms with Gasteiger partial charge in [0.2, 0.25) is 5.91 Å². The maximum atomic E-state index is 11.9. The molecule has 0 radical (unpaired) electrons. The molecule has 1 heterocycles. The molecule has 0 saturated carbocycles. The van der Waals surface area contributed by atoms with Crippen molar-refractivity contribution in [1.29, 1.82) is 0 Å². The quantitative estimate of drug-likeness (QED) is 0.831. The molecule has 0 aliphatic heterocycles. The molecular weight excluding hydrogens is 270 g/mol. The smallest absolute Gasteiger partial charge is 0.244 e. The number of carbonyl (C=O) groups excluding carboxylic acids is 1. The van der Waals surface area contributed by atoms with E-state index < -0.39 is 0 Å². The summed E-state index contributed by atoms with van der Waals surface area (Å²) in [5.74, 6) is -0.208. The van der Waals surface area contributed by atoms with E-state index in [0.29, 0.717) is 0 Å². The maximum Gasteiger partial charge on any atom is 0.244 e. The van der Waals surface area contributed by atoms with Crippen LogP contribution >= 0.6 is 11.3 Å². The monoisotopic (exact) mass is 287 g/mol. The number of benzene rings is 1. The van der Waals surface area contributed by atoms with Gasteiger partial charge in [-0.15, -0.1) is 11.3 Å². The van der Waals surface area contributed by atoms with Crippen LogP contribution in [0.1, 0.15) is 22.0 Å². The normalized spacial score (nSPS) is 12.5. The molecule has 2 N–H and O–H groups in total. The third-order valence-corrected chi connectivity index (χ3v) is 3.97. The molecule has 2 rings (SSSR count). The SMILES string of the molecule is Cc1ccsc1/C=C/C(=O)N[C@H](CO)c1ccccc1. The van der Waals surface area contributed by atoms with Gasteiger partial charge in [-0.3, -0.25) is 4.79 Å². The lowest BCUT2D eigenvalue weighted by atomic mass is 10.1. The minimum Gasteiger partial charge on any atom is -0.394 e. The van der Waals surface area contributed by atoms with Crippen molar-refractivity contribution >= 4 is 23.3 Å². The van der Waals surface area contributed by atoms with Crippen LogP contribution < -0.4 is 5.32 Å². The Hall–Kier alpha value is -1.91. The first-order valence-electron chi connectivity index (χ1n) is 6.39. The maximum absolute atomic E-state index is 11.9. The predicted molar refractivity (Wildman–Crippen MR) is 82.5 cm³/mol. The third-order valence-electron chi connectivity index (χ3n) is 2.99. The standard InChI is InChI=1S/C16H17NO2S/c1-12-9-10-20-15(12)7-8-16(19)17-14(11-18)13-5-3-2-4-6-13/h2-10,14,18H,11H2,1H3,(H,17,19)/b8-7+/t14-/m1/s1. The zero-order chi connectivity index (χ0) is 14.4. The highest BCUT2D eigenvalue weighted by molar-refractivity contribution is 7.11. The second-order valence-corrected chi connectivity index (χ2v) is 5.40. The second-order valence-electron chi connectivity index (χ2n) is 4.46. The highest BCUT2D eigenvalue weighted by Gasteiger charge is 2.11. The van der Waals surface area contributed by atoms with Gasteiger partial charge in [0.25, 0.3) is 0 Å². The summed E-state index contributed by atoms with van der Waals surface area (Å²) in [5, 5.41) is 14.2. The molecule has 0 bridgehead atoms. The molecule has 1 aromatic heterocycles. The lowest BCUT2D eigenvalue weighted by Gasteiger charge is -2.15. The summed E-state index contributed by atoms with van der Waals surface area (Å²) in [6, 6.07) is 11.1. The molecule has 1 amide bonds. The fourth-order valence-electron chi connectivity index (χ4n) is 1.85. The molecule has 4 heteroatoms. The summed E-state index contributed by atoms with van der Waals surface area (Å²) in [6.07, 6.45) is 3.30. The highest BCUT2D eigenvalue weighted by Crippen LogP contribution is 2.17. The zero-order valence-electron chi connectivity index (χ0n) is 11.2. The number of hydrogen-bond acceptors (Lipinski definition) is 3. The first kappa shape index (κ1) is 14.5. The molecule has 104 valence electrons. The molecule has 1 atom stereocenters. The van der Waals surface area contributed by atoms with E-state index in [1.54, 1.807) is 17.4 Å². The van der Waals surface area contributed by atoms with Crippen molar-refractivity contribution < 1.29 is 9.90 Å². The van der Waals surface area contributed by atoms with Gasteiger partial charge >= 0.3 is 0 Å². The number of amides is 1. The van der Waals surface area contributed by atoms with Crippen LogP contribution in [0, 0.1) is 6.92 Å². The number of nitrogens with one attached hydrogen (secondary N) is 1. The van der Waals surface area contributed by atoms with Gasteiger partial charge in [0.05, 0.1) is 12.6 Å². The van der Waals surface area contributed by atoms with Crippen LogP contribution in [0.15, 0.2) is 47.9 Å². The lowest BCUT2D eigenvalue weighted by molar-refractivity contribution is -0.117. The lowest BCUT2D eigenvalue weighted by Crippen LogP contribution is -2.29. The van der Waals surface area contributed by atoms with Gasteiger partial charge in [-0.2, -0.15) is 0 Å². The van der Waals surface area contributed by atoms with Crippen molar-refractivity contribution in [3.63, 3.8) is 0 Å². The Bertz CT molecular complexity index is 590. The number of carbonyl (C=O) groups is 1. The van der Waals surface area contributed by atoms with Gasteiger partial charge in [-0.1, -0.05) is 30.3 Å². The van der Waals surface area contributed by atoms with E-state index in [-0.39, 0.29) is 18.6 Å². The summed E-state index contributed by atoms with van der Waals surface area (Å²) in [4.78, 5) is 13.0. The number of aliphatic hydroxyl groups excluding tert-OH is 1. The van der Waals surface area contributed by atoms with Gasteiger partial charge in [-0.05, 0) is 35.6 Å². The molecule has 0 spiro atoms. The van der Waals surface area contributed by atoms with Gasteiger partial charge in [0, 0.05) is 11.0 Å². The molecule has 0 fully saturated rings. The van der Waals surface area contributed by atoms with Crippen LogP contribution in [0.4, 0.5) is 0 Å². The average Bonchev–Trinajstić information content (AvgIpc) is 2.89. The molecule has 0 unspecified atom stereocenters. The van der Waals surface area contributed by atoms with Crippen molar-refractivity contribution in [3.05, 3.63) is 63.9 Å². The number of aryl methyl sites for hydroxylation is 1.